The van der Waals surface area contributed by atoms with Gasteiger partial charge in [0.15, 0.2) is 0 Å². The second-order valence-electron chi connectivity index (χ2n) is 6.91. The summed E-state index contributed by atoms with van der Waals surface area (Å²) in [6, 6.07) is 0.655. The first-order valence-electron chi connectivity index (χ1n) is 8.91. The van der Waals surface area contributed by atoms with Crippen LogP contribution in [0.25, 0.3) is 0 Å². The number of ether oxygens (including phenoxy) is 1. The lowest BCUT2D eigenvalue weighted by Crippen LogP contribution is -2.63. The molecule has 2 atom stereocenters. The van der Waals surface area contributed by atoms with E-state index in [1.165, 1.54) is 10.8 Å². The zero-order chi connectivity index (χ0) is 18.0. The van der Waals surface area contributed by atoms with Crippen LogP contribution in [0.1, 0.15) is 25.3 Å². The van der Waals surface area contributed by atoms with E-state index < -0.39 is 11.2 Å². The highest BCUT2D eigenvalue weighted by molar-refractivity contribution is 5.76. The molecule has 3 heterocycles. The number of H-pyrrole nitrogens is 1. The summed E-state index contributed by atoms with van der Waals surface area (Å²) in [4.78, 5) is 42.4. The molecule has 1 amide bonds. The van der Waals surface area contributed by atoms with Crippen LogP contribution >= 0.6 is 0 Å². The van der Waals surface area contributed by atoms with Crippen LogP contribution in [0.5, 0.6) is 0 Å². The number of aromatic nitrogens is 2. The molecular weight excluding hydrogens is 324 g/mol. The molecule has 0 saturated carbocycles. The van der Waals surface area contributed by atoms with Crippen molar-refractivity contribution in [2.75, 3.05) is 32.8 Å². The quantitative estimate of drug-likeness (QED) is 0.795. The molecule has 2 fully saturated rings. The lowest BCUT2D eigenvalue weighted by atomic mass is 10.0. The normalized spacial score (nSPS) is 24.2. The number of aromatic amines is 1. The lowest BCUT2D eigenvalue weighted by Gasteiger charge is -2.48. The number of carbonyl (C=O) groups is 1. The molecule has 0 unspecified atom stereocenters. The Morgan fingerprint density at radius 3 is 2.88 bits per heavy atom. The van der Waals surface area contributed by atoms with Crippen LogP contribution < -0.4 is 11.2 Å². The summed E-state index contributed by atoms with van der Waals surface area (Å²) < 4.78 is 6.99. The van der Waals surface area contributed by atoms with E-state index in [4.69, 9.17) is 4.74 Å². The van der Waals surface area contributed by atoms with Gasteiger partial charge in [0.05, 0.1) is 19.3 Å². The van der Waals surface area contributed by atoms with Crippen molar-refractivity contribution in [3.63, 3.8) is 0 Å². The first kappa shape index (κ1) is 17.9. The van der Waals surface area contributed by atoms with Crippen LogP contribution in [0, 0.1) is 6.92 Å². The Morgan fingerprint density at radius 1 is 1.32 bits per heavy atom. The fraction of sp³-hybridized carbons (Fsp3) is 0.706. The molecule has 2 aliphatic rings. The number of nitrogens with zero attached hydrogens (tertiary/aromatic N) is 3. The van der Waals surface area contributed by atoms with Crippen LogP contribution in [0.15, 0.2) is 15.8 Å². The number of carbonyl (C=O) groups excluding carboxylic acids is 1. The van der Waals surface area contributed by atoms with Gasteiger partial charge in [-0.1, -0.05) is 13.3 Å². The van der Waals surface area contributed by atoms with Crippen LogP contribution in [0.2, 0.25) is 0 Å². The third-order valence-corrected chi connectivity index (χ3v) is 5.09. The Bertz CT molecular complexity index is 739. The van der Waals surface area contributed by atoms with Gasteiger partial charge in [0.1, 0.15) is 6.54 Å². The van der Waals surface area contributed by atoms with Crippen LogP contribution in [0.3, 0.4) is 0 Å². The summed E-state index contributed by atoms with van der Waals surface area (Å²) in [5, 5.41) is 0. The number of rotatable bonds is 4. The smallest absolute Gasteiger partial charge is 0.328 e. The highest BCUT2D eigenvalue weighted by atomic mass is 16.5. The summed E-state index contributed by atoms with van der Waals surface area (Å²) in [7, 11) is 0. The van der Waals surface area contributed by atoms with Crippen molar-refractivity contribution < 1.29 is 9.53 Å². The van der Waals surface area contributed by atoms with E-state index in [1.807, 2.05) is 0 Å². The standard InChI is InChI=1S/C17H26N4O4/c1-3-4-13-10-25-11-14-8-19(5-6-21(13)14)15(22)9-20-7-12(2)16(23)18-17(20)24/h7,13-14H,3-6,8-11H2,1-2H3,(H,18,23,24)/t13-,14+/m0/s1. The molecule has 0 aromatic carbocycles. The number of fused-ring (bicyclic) bond motifs is 1. The molecule has 0 aliphatic carbocycles. The Labute approximate surface area is 146 Å². The summed E-state index contributed by atoms with van der Waals surface area (Å²) in [6.45, 7) is 7.26. The number of hydrogen-bond donors (Lipinski definition) is 1. The minimum atomic E-state index is -0.549. The summed E-state index contributed by atoms with van der Waals surface area (Å²) in [5.41, 5.74) is -0.546. The molecule has 8 heteroatoms. The van der Waals surface area contributed by atoms with Gasteiger partial charge in [-0.2, -0.15) is 0 Å². The fourth-order valence-corrected chi connectivity index (χ4v) is 3.72. The third-order valence-electron chi connectivity index (χ3n) is 5.09. The minimum absolute atomic E-state index is 0.0532. The zero-order valence-corrected chi connectivity index (χ0v) is 14.9. The number of nitrogens with one attached hydrogen (secondary N) is 1. The second kappa shape index (κ2) is 7.53. The Hall–Kier alpha value is -1.93. The Balaban J connectivity index is 1.66. The molecule has 25 heavy (non-hydrogen) atoms. The monoisotopic (exact) mass is 350 g/mol. The van der Waals surface area contributed by atoms with Crippen LogP contribution in [-0.4, -0.2) is 70.2 Å². The van der Waals surface area contributed by atoms with Gasteiger partial charge >= 0.3 is 5.69 Å². The van der Waals surface area contributed by atoms with E-state index in [0.29, 0.717) is 31.3 Å². The minimum Gasteiger partial charge on any atom is -0.378 e. The van der Waals surface area contributed by atoms with Crippen LogP contribution in [0.4, 0.5) is 0 Å². The van der Waals surface area contributed by atoms with Gasteiger partial charge in [0.2, 0.25) is 5.91 Å². The van der Waals surface area contributed by atoms with E-state index in [-0.39, 0.29) is 18.5 Å². The van der Waals surface area contributed by atoms with Crippen molar-refractivity contribution in [3.8, 4) is 0 Å². The molecule has 1 N–H and O–H groups in total. The molecule has 2 saturated heterocycles. The van der Waals surface area contributed by atoms with Gasteiger partial charge in [-0.05, 0) is 13.3 Å². The molecule has 1 aromatic rings. The van der Waals surface area contributed by atoms with Gasteiger partial charge in [-0.25, -0.2) is 4.79 Å². The molecular formula is C17H26N4O4. The predicted molar refractivity (Wildman–Crippen MR) is 92.6 cm³/mol. The molecule has 0 radical (unpaired) electrons. The number of piperazine rings is 1. The Kier molecular flexibility index (Phi) is 5.39. The summed E-state index contributed by atoms with van der Waals surface area (Å²) in [5.74, 6) is -0.106. The highest BCUT2D eigenvalue weighted by Gasteiger charge is 2.36. The number of aryl methyl sites for hydroxylation is 1. The van der Waals surface area contributed by atoms with Crippen LogP contribution in [-0.2, 0) is 16.1 Å². The highest BCUT2D eigenvalue weighted by Crippen LogP contribution is 2.21. The molecule has 138 valence electrons. The topological polar surface area (TPSA) is 87.6 Å². The van der Waals surface area contributed by atoms with Gasteiger partial charge in [-0.15, -0.1) is 0 Å². The number of amides is 1. The second-order valence-corrected chi connectivity index (χ2v) is 6.91. The average molecular weight is 350 g/mol. The third kappa shape index (κ3) is 3.85. The maximum absolute atomic E-state index is 12.6. The predicted octanol–water partition coefficient (Wildman–Crippen LogP) is -0.443. The first-order valence-corrected chi connectivity index (χ1v) is 8.91. The lowest BCUT2D eigenvalue weighted by molar-refractivity contribution is -0.140. The number of hydrogen-bond acceptors (Lipinski definition) is 5. The maximum Gasteiger partial charge on any atom is 0.328 e. The summed E-state index contributed by atoms with van der Waals surface area (Å²) >= 11 is 0. The molecule has 1 aromatic heterocycles. The fourth-order valence-electron chi connectivity index (χ4n) is 3.72. The van der Waals surface area contributed by atoms with Gasteiger partial charge in [0.25, 0.3) is 5.56 Å². The largest absolute Gasteiger partial charge is 0.378 e. The SMILES string of the molecule is CCC[C@H]1COC[C@H]2CN(C(=O)Cn3cc(C)c(=O)[nH]c3=O)CCN12. The Morgan fingerprint density at radius 2 is 2.12 bits per heavy atom. The van der Waals surface area contributed by atoms with E-state index in [2.05, 4.69) is 16.8 Å². The van der Waals surface area contributed by atoms with Crippen molar-refractivity contribution >= 4 is 5.91 Å². The van der Waals surface area contributed by atoms with Gasteiger partial charge < -0.3 is 9.64 Å². The van der Waals surface area contributed by atoms with E-state index in [0.717, 1.165) is 26.0 Å². The zero-order valence-electron chi connectivity index (χ0n) is 14.9. The van der Waals surface area contributed by atoms with Crippen molar-refractivity contribution in [2.45, 2.75) is 45.3 Å². The molecule has 8 nitrogen and oxygen atoms in total. The maximum atomic E-state index is 12.6. The van der Waals surface area contributed by atoms with Crippen molar-refractivity contribution in [1.29, 1.82) is 0 Å². The van der Waals surface area contributed by atoms with Crippen molar-refractivity contribution in [2.24, 2.45) is 0 Å². The molecule has 0 spiro atoms. The average Bonchev–Trinajstić information content (AvgIpc) is 2.59. The summed E-state index contributed by atoms with van der Waals surface area (Å²) in [6.07, 6.45) is 3.67. The molecule has 3 rings (SSSR count). The number of morpholine rings is 1. The van der Waals surface area contributed by atoms with Gasteiger partial charge in [-0.3, -0.25) is 24.0 Å². The van der Waals surface area contributed by atoms with Crippen molar-refractivity contribution in [1.82, 2.24) is 19.4 Å². The van der Waals surface area contributed by atoms with Gasteiger partial charge in [0, 0.05) is 37.4 Å². The van der Waals surface area contributed by atoms with Crippen molar-refractivity contribution in [3.05, 3.63) is 32.6 Å². The molecule has 0 bridgehead atoms. The molecule has 2 aliphatic heterocycles. The van der Waals surface area contributed by atoms with E-state index in [1.54, 1.807) is 11.8 Å². The first-order chi connectivity index (χ1) is 12.0. The van der Waals surface area contributed by atoms with E-state index >= 15 is 0 Å². The van der Waals surface area contributed by atoms with E-state index in [9.17, 15) is 14.4 Å².